The van der Waals surface area contributed by atoms with Gasteiger partial charge in [0.15, 0.2) is 0 Å². The van der Waals surface area contributed by atoms with Crippen LogP contribution >= 0.6 is 0 Å². The van der Waals surface area contributed by atoms with Gasteiger partial charge in [-0.05, 0) is 63.9 Å². The fourth-order valence-electron chi connectivity index (χ4n) is 2.81. The van der Waals surface area contributed by atoms with E-state index in [0.717, 1.165) is 30.8 Å². The fraction of sp³-hybridized carbons (Fsp3) is 0.562. The molecule has 0 aliphatic carbocycles. The Bertz CT molecular complexity index is 493. The molecule has 1 aromatic rings. The van der Waals surface area contributed by atoms with Crippen molar-refractivity contribution >= 4 is 11.6 Å². The van der Waals surface area contributed by atoms with Crippen LogP contribution in [0.3, 0.4) is 0 Å². The Labute approximate surface area is 121 Å². The standard InChI is InChI=1S/C16H25N3O/c1-11-8-12(2)15(17)9-14(11)16(20)18-13(3)10-19-6-4-5-7-19/h8-9,13H,4-7,10,17H2,1-3H3,(H,18,20). The molecule has 2 rings (SSSR count). The second kappa shape index (κ2) is 6.27. The highest BCUT2D eigenvalue weighted by Crippen LogP contribution is 2.18. The maximum Gasteiger partial charge on any atom is 0.251 e. The molecule has 0 aromatic heterocycles. The molecule has 3 N–H and O–H groups in total. The van der Waals surface area contributed by atoms with Gasteiger partial charge in [-0.25, -0.2) is 0 Å². The Morgan fingerprint density at radius 2 is 1.95 bits per heavy atom. The van der Waals surface area contributed by atoms with Gasteiger partial charge >= 0.3 is 0 Å². The summed E-state index contributed by atoms with van der Waals surface area (Å²) in [5.74, 6) is -0.0269. The van der Waals surface area contributed by atoms with E-state index < -0.39 is 0 Å². The van der Waals surface area contributed by atoms with Gasteiger partial charge in [0.25, 0.3) is 5.91 Å². The van der Waals surface area contributed by atoms with Crippen molar-refractivity contribution in [1.29, 1.82) is 0 Å². The van der Waals surface area contributed by atoms with E-state index in [1.165, 1.54) is 12.8 Å². The number of nitrogens with one attached hydrogen (secondary N) is 1. The van der Waals surface area contributed by atoms with Gasteiger partial charge in [0.1, 0.15) is 0 Å². The molecular formula is C16H25N3O. The number of nitrogens with zero attached hydrogens (tertiary/aromatic N) is 1. The Balaban J connectivity index is 1.98. The highest BCUT2D eigenvalue weighted by atomic mass is 16.1. The predicted octanol–water partition coefficient (Wildman–Crippen LogP) is 2.10. The quantitative estimate of drug-likeness (QED) is 0.827. The Kier molecular flexibility index (Phi) is 4.65. The fourth-order valence-corrected chi connectivity index (χ4v) is 2.81. The van der Waals surface area contributed by atoms with E-state index in [4.69, 9.17) is 5.73 Å². The maximum absolute atomic E-state index is 12.3. The molecule has 0 radical (unpaired) electrons. The zero-order valence-electron chi connectivity index (χ0n) is 12.7. The first-order valence-corrected chi connectivity index (χ1v) is 7.37. The summed E-state index contributed by atoms with van der Waals surface area (Å²) < 4.78 is 0. The van der Waals surface area contributed by atoms with Crippen LogP contribution in [0.25, 0.3) is 0 Å². The molecule has 1 heterocycles. The van der Waals surface area contributed by atoms with Gasteiger partial charge in [-0.15, -0.1) is 0 Å². The number of benzene rings is 1. The topological polar surface area (TPSA) is 58.4 Å². The Morgan fingerprint density at radius 1 is 1.30 bits per heavy atom. The minimum atomic E-state index is -0.0269. The monoisotopic (exact) mass is 275 g/mol. The molecule has 1 amide bonds. The largest absolute Gasteiger partial charge is 0.398 e. The molecule has 4 nitrogen and oxygen atoms in total. The number of nitrogens with two attached hydrogens (primary N) is 1. The van der Waals surface area contributed by atoms with Crippen molar-refractivity contribution in [1.82, 2.24) is 10.2 Å². The van der Waals surface area contributed by atoms with Crippen molar-refractivity contribution in [2.45, 2.75) is 39.7 Å². The van der Waals surface area contributed by atoms with Crippen molar-refractivity contribution in [2.24, 2.45) is 0 Å². The molecular weight excluding hydrogens is 250 g/mol. The summed E-state index contributed by atoms with van der Waals surface area (Å²) in [6.07, 6.45) is 2.54. The van der Waals surface area contributed by atoms with Crippen molar-refractivity contribution < 1.29 is 4.79 Å². The maximum atomic E-state index is 12.3. The molecule has 1 unspecified atom stereocenters. The van der Waals surface area contributed by atoms with Crippen LogP contribution < -0.4 is 11.1 Å². The first-order valence-electron chi connectivity index (χ1n) is 7.37. The number of anilines is 1. The van der Waals surface area contributed by atoms with Crippen LogP contribution in [0.5, 0.6) is 0 Å². The Hall–Kier alpha value is -1.55. The van der Waals surface area contributed by atoms with Crippen LogP contribution in [0.4, 0.5) is 5.69 Å². The van der Waals surface area contributed by atoms with E-state index in [9.17, 15) is 4.79 Å². The van der Waals surface area contributed by atoms with E-state index in [2.05, 4.69) is 17.1 Å². The molecule has 20 heavy (non-hydrogen) atoms. The third-order valence-electron chi connectivity index (χ3n) is 3.97. The van der Waals surface area contributed by atoms with Crippen LogP contribution in [0.1, 0.15) is 41.3 Å². The number of rotatable bonds is 4. The van der Waals surface area contributed by atoms with Crippen molar-refractivity contribution in [3.8, 4) is 0 Å². The third kappa shape index (κ3) is 3.51. The number of amides is 1. The first kappa shape index (κ1) is 14.9. The zero-order chi connectivity index (χ0) is 14.7. The lowest BCUT2D eigenvalue weighted by atomic mass is 10.0. The van der Waals surface area contributed by atoms with E-state index in [1.807, 2.05) is 19.9 Å². The first-order chi connectivity index (χ1) is 9.47. The van der Waals surface area contributed by atoms with E-state index >= 15 is 0 Å². The molecule has 1 atom stereocenters. The second-order valence-corrected chi connectivity index (χ2v) is 5.91. The molecule has 1 aliphatic heterocycles. The van der Waals surface area contributed by atoms with Gasteiger partial charge in [-0.2, -0.15) is 0 Å². The summed E-state index contributed by atoms with van der Waals surface area (Å²) in [5.41, 5.74) is 9.25. The van der Waals surface area contributed by atoms with Crippen molar-refractivity contribution in [3.05, 3.63) is 28.8 Å². The average molecular weight is 275 g/mol. The molecule has 1 aliphatic rings. The van der Waals surface area contributed by atoms with Crippen LogP contribution in [-0.4, -0.2) is 36.5 Å². The molecule has 0 bridgehead atoms. The van der Waals surface area contributed by atoms with Gasteiger partial charge in [-0.3, -0.25) is 4.79 Å². The number of likely N-dealkylation sites (tertiary alicyclic amines) is 1. The minimum Gasteiger partial charge on any atom is -0.398 e. The van der Waals surface area contributed by atoms with Gasteiger partial charge in [-0.1, -0.05) is 6.07 Å². The molecule has 1 saturated heterocycles. The van der Waals surface area contributed by atoms with Gasteiger partial charge in [0.2, 0.25) is 0 Å². The van der Waals surface area contributed by atoms with Crippen LogP contribution in [0.15, 0.2) is 12.1 Å². The number of aryl methyl sites for hydroxylation is 2. The number of hydrogen-bond acceptors (Lipinski definition) is 3. The normalized spacial score (nSPS) is 17.1. The summed E-state index contributed by atoms with van der Waals surface area (Å²) in [5, 5.41) is 3.07. The number of carbonyl (C=O) groups is 1. The predicted molar refractivity (Wildman–Crippen MR) is 82.9 cm³/mol. The van der Waals surface area contributed by atoms with E-state index in [-0.39, 0.29) is 11.9 Å². The number of nitrogen functional groups attached to an aromatic ring is 1. The highest BCUT2D eigenvalue weighted by molar-refractivity contribution is 5.96. The van der Waals surface area contributed by atoms with E-state index in [1.54, 1.807) is 6.07 Å². The summed E-state index contributed by atoms with van der Waals surface area (Å²) in [4.78, 5) is 14.7. The summed E-state index contributed by atoms with van der Waals surface area (Å²) >= 11 is 0. The van der Waals surface area contributed by atoms with Crippen LogP contribution in [0.2, 0.25) is 0 Å². The lowest BCUT2D eigenvalue weighted by Crippen LogP contribution is -2.41. The van der Waals surface area contributed by atoms with E-state index in [0.29, 0.717) is 11.3 Å². The lowest BCUT2D eigenvalue weighted by molar-refractivity contribution is 0.0931. The van der Waals surface area contributed by atoms with Crippen LogP contribution in [-0.2, 0) is 0 Å². The SMILES string of the molecule is Cc1cc(C)c(C(=O)NC(C)CN2CCCC2)cc1N. The minimum absolute atomic E-state index is 0.0269. The van der Waals surface area contributed by atoms with Gasteiger partial charge < -0.3 is 16.0 Å². The molecule has 1 fully saturated rings. The van der Waals surface area contributed by atoms with Gasteiger partial charge in [0.05, 0.1) is 0 Å². The summed E-state index contributed by atoms with van der Waals surface area (Å²) in [6.45, 7) is 9.19. The van der Waals surface area contributed by atoms with Gasteiger partial charge in [0, 0.05) is 23.8 Å². The molecule has 0 saturated carbocycles. The summed E-state index contributed by atoms with van der Waals surface area (Å²) in [7, 11) is 0. The smallest absolute Gasteiger partial charge is 0.251 e. The zero-order valence-corrected chi connectivity index (χ0v) is 12.7. The third-order valence-corrected chi connectivity index (χ3v) is 3.97. The lowest BCUT2D eigenvalue weighted by Gasteiger charge is -2.21. The Morgan fingerprint density at radius 3 is 2.60 bits per heavy atom. The highest BCUT2D eigenvalue weighted by Gasteiger charge is 2.17. The molecule has 0 spiro atoms. The average Bonchev–Trinajstić information content (AvgIpc) is 2.86. The second-order valence-electron chi connectivity index (χ2n) is 5.91. The number of hydrogen-bond donors (Lipinski definition) is 2. The van der Waals surface area contributed by atoms with Crippen LogP contribution in [0, 0.1) is 13.8 Å². The summed E-state index contributed by atoms with van der Waals surface area (Å²) in [6, 6.07) is 3.90. The van der Waals surface area contributed by atoms with Crippen molar-refractivity contribution in [2.75, 3.05) is 25.4 Å². The molecule has 4 heteroatoms. The molecule has 1 aromatic carbocycles. The van der Waals surface area contributed by atoms with Crippen molar-refractivity contribution in [3.63, 3.8) is 0 Å². The number of carbonyl (C=O) groups excluding carboxylic acids is 1. The molecule has 110 valence electrons.